The average Bonchev–Trinajstić information content (AvgIpc) is 2.69. The summed E-state index contributed by atoms with van der Waals surface area (Å²) in [5.41, 5.74) is 1.11. The van der Waals surface area contributed by atoms with E-state index in [1.54, 1.807) is 12.4 Å². The highest BCUT2D eigenvalue weighted by atomic mass is 35.5. The predicted molar refractivity (Wildman–Crippen MR) is 109 cm³/mol. The molecule has 0 saturated carbocycles. The molecule has 1 aliphatic rings. The lowest BCUT2D eigenvalue weighted by molar-refractivity contribution is -0.119. The molecule has 1 aliphatic heterocycles. The summed E-state index contributed by atoms with van der Waals surface area (Å²) >= 11 is 13.6. The average molecular weight is 426 g/mol. The molecular formula is C19H21Cl2N3O2S. The zero-order valence-corrected chi connectivity index (χ0v) is 17.1. The fourth-order valence-electron chi connectivity index (χ4n) is 2.81. The number of nitrogens with one attached hydrogen (secondary N) is 1. The Kier molecular flexibility index (Phi) is 7.79. The van der Waals surface area contributed by atoms with Crippen LogP contribution >= 0.6 is 35.0 Å². The summed E-state index contributed by atoms with van der Waals surface area (Å²) in [7, 11) is 0. The first-order chi connectivity index (χ1) is 13.1. The minimum Gasteiger partial charge on any atom is -0.374 e. The molecule has 1 fully saturated rings. The van der Waals surface area contributed by atoms with Crippen molar-refractivity contribution in [3.05, 3.63) is 58.3 Å². The smallest absolute Gasteiger partial charge is 0.230 e. The molecule has 5 nitrogen and oxygen atoms in total. The van der Waals surface area contributed by atoms with E-state index >= 15 is 0 Å². The summed E-state index contributed by atoms with van der Waals surface area (Å²) in [6.07, 6.45) is 3.42. The number of benzene rings is 1. The van der Waals surface area contributed by atoms with Crippen LogP contribution in [0.1, 0.15) is 5.56 Å². The number of hydrogen-bond donors (Lipinski definition) is 1. The van der Waals surface area contributed by atoms with Crippen molar-refractivity contribution < 1.29 is 9.53 Å². The topological polar surface area (TPSA) is 54.5 Å². The molecule has 2 aromatic rings. The lowest BCUT2D eigenvalue weighted by atomic mass is 10.2. The van der Waals surface area contributed by atoms with Gasteiger partial charge in [-0.25, -0.2) is 0 Å². The Morgan fingerprint density at radius 1 is 1.26 bits per heavy atom. The van der Waals surface area contributed by atoms with Crippen molar-refractivity contribution in [2.75, 3.05) is 32.0 Å². The van der Waals surface area contributed by atoms with E-state index in [1.165, 1.54) is 11.8 Å². The van der Waals surface area contributed by atoms with Crippen LogP contribution in [0.2, 0.25) is 10.0 Å². The number of carbonyl (C=O) groups is 1. The third-order valence-electron chi connectivity index (χ3n) is 4.16. The highest BCUT2D eigenvalue weighted by Gasteiger charge is 2.21. The number of ether oxygens (including phenoxy) is 1. The van der Waals surface area contributed by atoms with Crippen molar-refractivity contribution in [3.63, 3.8) is 0 Å². The molecule has 1 amide bonds. The Labute approximate surface area is 173 Å². The molecular weight excluding hydrogens is 405 g/mol. The van der Waals surface area contributed by atoms with Gasteiger partial charge in [0.05, 0.1) is 28.5 Å². The highest BCUT2D eigenvalue weighted by molar-refractivity contribution is 8.00. The van der Waals surface area contributed by atoms with Gasteiger partial charge in [0.1, 0.15) is 0 Å². The molecule has 1 aromatic carbocycles. The summed E-state index contributed by atoms with van der Waals surface area (Å²) in [4.78, 5) is 19.4. The van der Waals surface area contributed by atoms with Gasteiger partial charge in [0, 0.05) is 43.5 Å². The van der Waals surface area contributed by atoms with Crippen LogP contribution in [0, 0.1) is 0 Å². The van der Waals surface area contributed by atoms with Gasteiger partial charge in [0.25, 0.3) is 0 Å². The highest BCUT2D eigenvalue weighted by Crippen LogP contribution is 2.23. The van der Waals surface area contributed by atoms with Crippen molar-refractivity contribution in [2.45, 2.75) is 17.5 Å². The van der Waals surface area contributed by atoms with Gasteiger partial charge in [0.15, 0.2) is 0 Å². The number of rotatable bonds is 7. The van der Waals surface area contributed by atoms with E-state index < -0.39 is 0 Å². The van der Waals surface area contributed by atoms with Gasteiger partial charge in [-0.1, -0.05) is 29.3 Å². The molecule has 1 N–H and O–H groups in total. The Morgan fingerprint density at radius 3 is 2.85 bits per heavy atom. The molecule has 0 aliphatic carbocycles. The van der Waals surface area contributed by atoms with Crippen molar-refractivity contribution in [1.29, 1.82) is 0 Å². The molecule has 1 saturated heterocycles. The Hall–Kier alpha value is -1.31. The first-order valence-electron chi connectivity index (χ1n) is 8.67. The van der Waals surface area contributed by atoms with Gasteiger partial charge in [-0.05, 0) is 29.8 Å². The molecule has 144 valence electrons. The standard InChI is InChI=1S/C19H21Cl2N3O2S/c20-17-2-1-14(9-18(17)21)11-24-7-8-26-15(12-24)10-23-19(25)13-27-16-3-5-22-6-4-16/h1-6,9,15H,7-8,10-13H2,(H,23,25)/t15-/m0/s1. The number of morpholine rings is 1. The second kappa shape index (κ2) is 10.3. The third kappa shape index (κ3) is 6.66. The monoisotopic (exact) mass is 425 g/mol. The number of pyridine rings is 1. The van der Waals surface area contributed by atoms with Crippen LogP contribution in [-0.2, 0) is 16.1 Å². The van der Waals surface area contributed by atoms with Crippen LogP contribution in [0.15, 0.2) is 47.6 Å². The van der Waals surface area contributed by atoms with E-state index in [0.717, 1.165) is 30.1 Å². The molecule has 0 radical (unpaired) electrons. The SMILES string of the molecule is O=C(CSc1ccncc1)NC[C@H]1CN(Cc2ccc(Cl)c(Cl)c2)CCO1. The van der Waals surface area contributed by atoms with Crippen molar-refractivity contribution in [3.8, 4) is 0 Å². The van der Waals surface area contributed by atoms with E-state index in [2.05, 4.69) is 15.2 Å². The van der Waals surface area contributed by atoms with Crippen molar-refractivity contribution in [1.82, 2.24) is 15.2 Å². The Balaban J connectivity index is 1.41. The maximum atomic E-state index is 12.1. The lowest BCUT2D eigenvalue weighted by Crippen LogP contribution is -2.47. The molecule has 0 unspecified atom stereocenters. The molecule has 1 atom stereocenters. The zero-order valence-electron chi connectivity index (χ0n) is 14.7. The lowest BCUT2D eigenvalue weighted by Gasteiger charge is -2.33. The van der Waals surface area contributed by atoms with Crippen LogP contribution in [0.25, 0.3) is 0 Å². The Bertz CT molecular complexity index is 764. The van der Waals surface area contributed by atoms with Crippen LogP contribution in [-0.4, -0.2) is 53.9 Å². The maximum Gasteiger partial charge on any atom is 0.230 e. The van der Waals surface area contributed by atoms with E-state index in [-0.39, 0.29) is 12.0 Å². The quantitative estimate of drug-likeness (QED) is 0.687. The van der Waals surface area contributed by atoms with Crippen molar-refractivity contribution in [2.24, 2.45) is 0 Å². The minimum atomic E-state index is -0.0172. The molecule has 1 aromatic heterocycles. The van der Waals surface area contributed by atoms with Gasteiger partial charge in [-0.15, -0.1) is 11.8 Å². The van der Waals surface area contributed by atoms with Crippen LogP contribution < -0.4 is 5.32 Å². The van der Waals surface area contributed by atoms with Gasteiger partial charge in [0.2, 0.25) is 5.91 Å². The predicted octanol–water partition coefficient (Wildman–Crippen LogP) is 3.50. The fraction of sp³-hybridized carbons (Fsp3) is 0.368. The summed E-state index contributed by atoms with van der Waals surface area (Å²) < 4.78 is 5.78. The fourth-order valence-corrected chi connectivity index (χ4v) is 3.84. The van der Waals surface area contributed by atoms with E-state index in [0.29, 0.717) is 28.9 Å². The summed E-state index contributed by atoms with van der Waals surface area (Å²) in [6, 6.07) is 9.48. The maximum absolute atomic E-state index is 12.1. The first kappa shape index (κ1) is 20.4. The van der Waals surface area contributed by atoms with Gasteiger partial charge in [-0.3, -0.25) is 14.7 Å². The molecule has 8 heteroatoms. The third-order valence-corrected chi connectivity index (χ3v) is 5.91. The van der Waals surface area contributed by atoms with E-state index in [1.807, 2.05) is 30.3 Å². The molecule has 0 bridgehead atoms. The minimum absolute atomic E-state index is 0.00187. The number of nitrogens with zero attached hydrogens (tertiary/aromatic N) is 2. The molecule has 0 spiro atoms. The van der Waals surface area contributed by atoms with Crippen LogP contribution in [0.3, 0.4) is 0 Å². The number of hydrogen-bond acceptors (Lipinski definition) is 5. The molecule has 2 heterocycles. The second-order valence-corrected chi connectivity index (χ2v) is 8.12. The molecule has 27 heavy (non-hydrogen) atoms. The van der Waals surface area contributed by atoms with Gasteiger partial charge in [-0.2, -0.15) is 0 Å². The van der Waals surface area contributed by atoms with E-state index in [9.17, 15) is 4.79 Å². The Morgan fingerprint density at radius 2 is 2.07 bits per heavy atom. The van der Waals surface area contributed by atoms with Crippen molar-refractivity contribution >= 4 is 40.9 Å². The molecule has 3 rings (SSSR count). The largest absolute Gasteiger partial charge is 0.374 e. The van der Waals surface area contributed by atoms with Crippen LogP contribution in [0.5, 0.6) is 0 Å². The number of carbonyl (C=O) groups excluding carboxylic acids is 1. The zero-order chi connectivity index (χ0) is 19.1. The normalized spacial score (nSPS) is 17.6. The number of amides is 1. The number of thioether (sulfide) groups is 1. The summed E-state index contributed by atoms with van der Waals surface area (Å²) in [5.74, 6) is 0.381. The number of aromatic nitrogens is 1. The van der Waals surface area contributed by atoms with E-state index in [4.69, 9.17) is 27.9 Å². The summed E-state index contributed by atoms with van der Waals surface area (Å²) in [6.45, 7) is 3.55. The van der Waals surface area contributed by atoms with Gasteiger partial charge >= 0.3 is 0 Å². The number of halogens is 2. The van der Waals surface area contributed by atoms with Crippen LogP contribution in [0.4, 0.5) is 0 Å². The van der Waals surface area contributed by atoms with Gasteiger partial charge < -0.3 is 10.1 Å². The summed E-state index contributed by atoms with van der Waals surface area (Å²) in [5, 5.41) is 4.09. The second-order valence-electron chi connectivity index (χ2n) is 6.25. The first-order valence-corrected chi connectivity index (χ1v) is 10.4.